The highest BCUT2D eigenvalue weighted by Crippen LogP contribution is 2.26. The highest BCUT2D eigenvalue weighted by atomic mass is 35.5. The van der Waals surface area contributed by atoms with E-state index in [9.17, 15) is 9.90 Å². The monoisotopic (exact) mass is 327 g/mol. The van der Waals surface area contributed by atoms with E-state index in [1.54, 1.807) is 24.3 Å². The van der Waals surface area contributed by atoms with Gasteiger partial charge < -0.3 is 10.4 Å². The average Bonchev–Trinajstić information content (AvgIpc) is 2.93. The highest BCUT2D eigenvalue weighted by molar-refractivity contribution is 7.98. The molecule has 0 aliphatic heterocycles. The first-order chi connectivity index (χ1) is 9.63. The first-order valence-corrected chi connectivity index (χ1v) is 8.44. The van der Waals surface area contributed by atoms with E-state index in [4.69, 9.17) is 11.6 Å². The van der Waals surface area contributed by atoms with Gasteiger partial charge in [-0.25, -0.2) is 0 Å². The number of carbonyl (C=O) groups is 1. The van der Waals surface area contributed by atoms with Gasteiger partial charge in [0.25, 0.3) is 5.91 Å². The van der Waals surface area contributed by atoms with Crippen LogP contribution in [0.2, 0.25) is 5.02 Å². The van der Waals surface area contributed by atoms with Crippen molar-refractivity contribution in [3.8, 4) is 0 Å². The number of hydrogen-bond donors (Lipinski definition) is 2. The van der Waals surface area contributed by atoms with Crippen LogP contribution in [0.4, 0.5) is 0 Å². The molecule has 106 valence electrons. The molecule has 1 aromatic heterocycles. The molecule has 0 bridgehead atoms. The topological polar surface area (TPSA) is 49.3 Å². The van der Waals surface area contributed by atoms with Gasteiger partial charge in [0, 0.05) is 22.0 Å². The van der Waals surface area contributed by atoms with Crippen LogP contribution in [0.25, 0.3) is 0 Å². The van der Waals surface area contributed by atoms with Crippen LogP contribution in [0.1, 0.15) is 21.3 Å². The van der Waals surface area contributed by atoms with Gasteiger partial charge in [-0.2, -0.15) is 0 Å². The number of carbonyl (C=O) groups excluding carboxylic acids is 1. The van der Waals surface area contributed by atoms with Crippen molar-refractivity contribution in [1.29, 1.82) is 0 Å². The fraction of sp³-hybridized carbons (Fsp3) is 0.214. The Balaban J connectivity index is 1.99. The number of rotatable bonds is 5. The maximum Gasteiger partial charge on any atom is 0.262 e. The first kappa shape index (κ1) is 15.4. The Hall–Kier alpha value is -1.01. The minimum atomic E-state index is -0.814. The molecule has 1 atom stereocenters. The Kier molecular flexibility index (Phi) is 5.48. The normalized spacial score (nSPS) is 12.2. The molecule has 0 radical (unpaired) electrons. The Labute approximate surface area is 131 Å². The standard InChI is InChI=1S/C14H14ClNO2S2/c1-19-12-6-7-20-13(12)14(18)16-8-11(17)9-4-2-3-5-10(9)15/h2-7,11,17H,8H2,1H3,(H,16,18). The minimum absolute atomic E-state index is 0.133. The third-order valence-electron chi connectivity index (χ3n) is 2.78. The summed E-state index contributed by atoms with van der Waals surface area (Å²) < 4.78 is 0. The molecular formula is C14H14ClNO2S2. The van der Waals surface area contributed by atoms with Crippen molar-refractivity contribution in [2.75, 3.05) is 12.8 Å². The van der Waals surface area contributed by atoms with Gasteiger partial charge in [0.1, 0.15) is 4.88 Å². The molecule has 0 aliphatic rings. The van der Waals surface area contributed by atoms with Crippen LogP contribution in [0.5, 0.6) is 0 Å². The molecule has 20 heavy (non-hydrogen) atoms. The smallest absolute Gasteiger partial charge is 0.262 e. The number of amides is 1. The van der Waals surface area contributed by atoms with E-state index >= 15 is 0 Å². The summed E-state index contributed by atoms with van der Waals surface area (Å²) in [6.07, 6.45) is 1.11. The lowest BCUT2D eigenvalue weighted by Crippen LogP contribution is -2.28. The molecule has 0 spiro atoms. The quantitative estimate of drug-likeness (QED) is 0.825. The van der Waals surface area contributed by atoms with Gasteiger partial charge in [-0.3, -0.25) is 4.79 Å². The zero-order chi connectivity index (χ0) is 14.5. The number of aliphatic hydroxyl groups excluding tert-OH is 1. The molecular weight excluding hydrogens is 314 g/mol. The van der Waals surface area contributed by atoms with Gasteiger partial charge in [-0.05, 0) is 23.8 Å². The Morgan fingerprint density at radius 3 is 2.90 bits per heavy atom. The van der Waals surface area contributed by atoms with Gasteiger partial charge in [-0.1, -0.05) is 29.8 Å². The number of halogens is 1. The SMILES string of the molecule is CSc1ccsc1C(=O)NCC(O)c1ccccc1Cl. The molecule has 1 heterocycles. The summed E-state index contributed by atoms with van der Waals surface area (Å²) in [5.74, 6) is -0.171. The molecule has 0 aliphatic carbocycles. The Bertz CT molecular complexity index is 600. The van der Waals surface area contributed by atoms with Crippen LogP contribution in [-0.4, -0.2) is 23.8 Å². The van der Waals surface area contributed by atoms with Crippen molar-refractivity contribution >= 4 is 40.6 Å². The molecule has 2 N–H and O–H groups in total. The summed E-state index contributed by atoms with van der Waals surface area (Å²) in [5.41, 5.74) is 0.616. The van der Waals surface area contributed by atoms with E-state index in [2.05, 4.69) is 5.32 Å². The van der Waals surface area contributed by atoms with Gasteiger partial charge in [0.15, 0.2) is 0 Å². The lowest BCUT2D eigenvalue weighted by Gasteiger charge is -2.13. The molecule has 1 unspecified atom stereocenters. The van der Waals surface area contributed by atoms with Crippen molar-refractivity contribution in [2.45, 2.75) is 11.0 Å². The van der Waals surface area contributed by atoms with Gasteiger partial charge in [0.2, 0.25) is 0 Å². The number of nitrogens with one attached hydrogen (secondary N) is 1. The van der Waals surface area contributed by atoms with Crippen LogP contribution in [0.3, 0.4) is 0 Å². The maximum absolute atomic E-state index is 12.0. The third-order valence-corrected chi connectivity index (χ3v) is 4.94. The molecule has 0 saturated carbocycles. The maximum atomic E-state index is 12.0. The highest BCUT2D eigenvalue weighted by Gasteiger charge is 2.16. The van der Waals surface area contributed by atoms with E-state index in [0.717, 1.165) is 4.90 Å². The summed E-state index contributed by atoms with van der Waals surface area (Å²) in [7, 11) is 0. The Morgan fingerprint density at radius 2 is 2.20 bits per heavy atom. The average molecular weight is 328 g/mol. The third kappa shape index (κ3) is 3.55. The first-order valence-electron chi connectivity index (χ1n) is 5.95. The summed E-state index contributed by atoms with van der Waals surface area (Å²) in [6, 6.07) is 8.98. The lowest BCUT2D eigenvalue weighted by atomic mass is 10.1. The van der Waals surface area contributed by atoms with Crippen LogP contribution < -0.4 is 5.32 Å². The molecule has 1 amide bonds. The molecule has 2 aromatic rings. The zero-order valence-corrected chi connectivity index (χ0v) is 13.2. The summed E-state index contributed by atoms with van der Waals surface area (Å²) >= 11 is 8.93. The molecule has 0 fully saturated rings. The number of aliphatic hydroxyl groups is 1. The van der Waals surface area contributed by atoms with Crippen LogP contribution in [0.15, 0.2) is 40.6 Å². The molecule has 1 aromatic carbocycles. The number of benzene rings is 1. The van der Waals surface area contributed by atoms with Crippen molar-refractivity contribution in [3.05, 3.63) is 51.2 Å². The van der Waals surface area contributed by atoms with E-state index in [1.807, 2.05) is 17.7 Å². The van der Waals surface area contributed by atoms with Crippen LogP contribution >= 0.6 is 34.7 Å². The van der Waals surface area contributed by atoms with Gasteiger partial charge >= 0.3 is 0 Å². The summed E-state index contributed by atoms with van der Waals surface area (Å²) in [4.78, 5) is 13.7. The van der Waals surface area contributed by atoms with Crippen molar-refractivity contribution in [1.82, 2.24) is 5.32 Å². The summed E-state index contributed by atoms with van der Waals surface area (Å²) in [6.45, 7) is 0.133. The second-order valence-corrected chi connectivity index (χ2v) is 6.24. The molecule has 0 saturated heterocycles. The van der Waals surface area contributed by atoms with Crippen molar-refractivity contribution in [2.24, 2.45) is 0 Å². The lowest BCUT2D eigenvalue weighted by molar-refractivity contribution is 0.0918. The van der Waals surface area contributed by atoms with E-state index in [1.165, 1.54) is 23.1 Å². The largest absolute Gasteiger partial charge is 0.387 e. The second kappa shape index (κ2) is 7.13. The predicted octanol–water partition coefficient (Wildman–Crippen LogP) is 3.59. The van der Waals surface area contributed by atoms with E-state index in [-0.39, 0.29) is 12.5 Å². The van der Waals surface area contributed by atoms with Crippen LogP contribution in [-0.2, 0) is 0 Å². The number of thioether (sulfide) groups is 1. The molecule has 2 rings (SSSR count). The second-order valence-electron chi connectivity index (χ2n) is 4.07. The molecule has 6 heteroatoms. The number of thiophene rings is 1. The van der Waals surface area contributed by atoms with E-state index in [0.29, 0.717) is 15.5 Å². The van der Waals surface area contributed by atoms with Crippen LogP contribution in [0, 0.1) is 0 Å². The minimum Gasteiger partial charge on any atom is -0.387 e. The van der Waals surface area contributed by atoms with Crippen molar-refractivity contribution in [3.63, 3.8) is 0 Å². The fourth-order valence-corrected chi connectivity index (χ4v) is 3.68. The Morgan fingerprint density at radius 1 is 1.45 bits per heavy atom. The van der Waals surface area contributed by atoms with Crippen molar-refractivity contribution < 1.29 is 9.90 Å². The molecule has 3 nitrogen and oxygen atoms in total. The predicted molar refractivity (Wildman–Crippen MR) is 84.8 cm³/mol. The van der Waals surface area contributed by atoms with Gasteiger partial charge in [-0.15, -0.1) is 23.1 Å². The number of hydrogen-bond acceptors (Lipinski definition) is 4. The fourth-order valence-electron chi connectivity index (χ4n) is 1.75. The van der Waals surface area contributed by atoms with E-state index < -0.39 is 6.10 Å². The zero-order valence-electron chi connectivity index (χ0n) is 10.8. The summed E-state index contributed by atoms with van der Waals surface area (Å²) in [5, 5.41) is 15.2. The van der Waals surface area contributed by atoms with Gasteiger partial charge in [0.05, 0.1) is 6.10 Å².